The zero-order valence-corrected chi connectivity index (χ0v) is 9.14. The number of benzene rings is 1. The molecule has 0 aliphatic rings. The van der Waals surface area contributed by atoms with E-state index < -0.39 is 5.97 Å². The molecule has 4 nitrogen and oxygen atoms in total. The fraction of sp³-hybridized carbons (Fsp3) is 0.333. The van der Waals surface area contributed by atoms with Crippen LogP contribution in [0.15, 0.2) is 24.3 Å². The summed E-state index contributed by atoms with van der Waals surface area (Å²) in [7, 11) is 0. The first-order chi connectivity index (χ1) is 7.79. The zero-order chi connectivity index (χ0) is 11.8. The van der Waals surface area contributed by atoms with E-state index in [1.165, 1.54) is 0 Å². The summed E-state index contributed by atoms with van der Waals surface area (Å²) < 4.78 is 9.98. The molecule has 0 radical (unpaired) electrons. The molecule has 4 heteroatoms. The van der Waals surface area contributed by atoms with Gasteiger partial charge in [-0.15, -0.1) is 0 Å². The van der Waals surface area contributed by atoms with Crippen LogP contribution in [0.5, 0.6) is 0 Å². The Morgan fingerprint density at radius 3 is 2.75 bits per heavy atom. The Morgan fingerprint density at radius 1 is 1.31 bits per heavy atom. The van der Waals surface area contributed by atoms with Gasteiger partial charge in [0.25, 0.3) is 0 Å². The molecule has 86 valence electrons. The Labute approximate surface area is 94.2 Å². The average Bonchev–Trinajstić information content (AvgIpc) is 2.34. The molecule has 1 rings (SSSR count). The molecule has 0 saturated heterocycles. The van der Waals surface area contributed by atoms with Gasteiger partial charge in [-0.1, -0.05) is 18.2 Å². The summed E-state index contributed by atoms with van der Waals surface area (Å²) in [6.45, 7) is 3.01. The lowest BCUT2D eigenvalue weighted by atomic mass is 10.1. The van der Waals surface area contributed by atoms with E-state index in [-0.39, 0.29) is 12.2 Å². The van der Waals surface area contributed by atoms with Crippen molar-refractivity contribution < 1.29 is 19.1 Å². The number of carbonyl (C=O) groups excluding carboxylic acids is 2. The first-order valence-corrected chi connectivity index (χ1v) is 5.08. The van der Waals surface area contributed by atoms with Crippen LogP contribution in [0.3, 0.4) is 0 Å². The molecule has 0 aliphatic heterocycles. The second-order valence-electron chi connectivity index (χ2n) is 3.04. The van der Waals surface area contributed by atoms with Gasteiger partial charge >= 0.3 is 5.97 Å². The number of hydrogen-bond acceptors (Lipinski definition) is 4. The van der Waals surface area contributed by atoms with Crippen LogP contribution in [0.25, 0.3) is 0 Å². The molecule has 0 saturated carbocycles. The molecule has 0 N–H and O–H groups in total. The van der Waals surface area contributed by atoms with Gasteiger partial charge in [-0.3, -0.25) is 4.79 Å². The van der Waals surface area contributed by atoms with Crippen LogP contribution in [-0.4, -0.2) is 32.1 Å². The van der Waals surface area contributed by atoms with E-state index in [4.69, 9.17) is 9.47 Å². The van der Waals surface area contributed by atoms with Crippen LogP contribution >= 0.6 is 0 Å². The van der Waals surface area contributed by atoms with Gasteiger partial charge in [-0.25, -0.2) is 4.79 Å². The Balaban J connectivity index is 2.55. The molecule has 0 amide bonds. The average molecular weight is 222 g/mol. The molecule has 0 unspecified atom stereocenters. The maximum atomic E-state index is 11.6. The lowest BCUT2D eigenvalue weighted by Gasteiger charge is -2.06. The smallest absolute Gasteiger partial charge is 0.338 e. The molecule has 0 bridgehead atoms. The number of esters is 1. The molecule has 0 spiro atoms. The van der Waals surface area contributed by atoms with Gasteiger partial charge < -0.3 is 9.47 Å². The fourth-order valence-electron chi connectivity index (χ4n) is 1.20. The third-order valence-corrected chi connectivity index (χ3v) is 1.97. The first-order valence-electron chi connectivity index (χ1n) is 5.08. The summed E-state index contributed by atoms with van der Waals surface area (Å²) in [5.41, 5.74) is 0.623. The van der Waals surface area contributed by atoms with E-state index in [1.807, 2.05) is 6.92 Å². The first kappa shape index (κ1) is 12.4. The van der Waals surface area contributed by atoms with Crippen LogP contribution in [0, 0.1) is 0 Å². The van der Waals surface area contributed by atoms with E-state index in [2.05, 4.69) is 0 Å². The highest BCUT2D eigenvalue weighted by Crippen LogP contribution is 2.07. The van der Waals surface area contributed by atoms with Gasteiger partial charge in [0.2, 0.25) is 0 Å². The summed E-state index contributed by atoms with van der Waals surface area (Å²) >= 11 is 0. The summed E-state index contributed by atoms with van der Waals surface area (Å²) in [6, 6.07) is 6.52. The third kappa shape index (κ3) is 3.47. The normalized spacial score (nSPS) is 9.81. The van der Waals surface area contributed by atoms with Crippen molar-refractivity contribution in [2.45, 2.75) is 6.92 Å². The Kier molecular flexibility index (Phi) is 5.22. The lowest BCUT2D eigenvalue weighted by molar-refractivity contribution is 0.0334. The predicted molar refractivity (Wildman–Crippen MR) is 58.6 cm³/mol. The topological polar surface area (TPSA) is 52.6 Å². The number of ether oxygens (including phenoxy) is 2. The minimum Gasteiger partial charge on any atom is -0.460 e. The van der Waals surface area contributed by atoms with Crippen molar-refractivity contribution in [2.24, 2.45) is 0 Å². The van der Waals surface area contributed by atoms with Crippen LogP contribution in [-0.2, 0) is 9.47 Å². The minimum absolute atomic E-state index is 0.194. The second kappa shape index (κ2) is 6.74. The van der Waals surface area contributed by atoms with Crippen LogP contribution in [0.2, 0.25) is 0 Å². The number of hydrogen-bond donors (Lipinski definition) is 0. The highest BCUT2D eigenvalue weighted by molar-refractivity contribution is 5.98. The molecule has 16 heavy (non-hydrogen) atoms. The summed E-state index contributed by atoms with van der Waals surface area (Å²) in [4.78, 5) is 22.2. The highest BCUT2D eigenvalue weighted by atomic mass is 16.6. The van der Waals surface area contributed by atoms with Crippen molar-refractivity contribution in [3.05, 3.63) is 35.4 Å². The van der Waals surface area contributed by atoms with Gasteiger partial charge in [0.1, 0.15) is 6.61 Å². The van der Waals surface area contributed by atoms with Crippen molar-refractivity contribution in [3.8, 4) is 0 Å². The number of carbonyl (C=O) groups is 2. The van der Waals surface area contributed by atoms with E-state index in [0.29, 0.717) is 25.1 Å². The van der Waals surface area contributed by atoms with E-state index in [9.17, 15) is 9.59 Å². The van der Waals surface area contributed by atoms with Crippen LogP contribution in [0.4, 0.5) is 0 Å². The quantitative estimate of drug-likeness (QED) is 0.417. The van der Waals surface area contributed by atoms with Gasteiger partial charge in [-0.2, -0.15) is 0 Å². The van der Waals surface area contributed by atoms with Gasteiger partial charge in [0.05, 0.1) is 12.2 Å². The fourth-order valence-corrected chi connectivity index (χ4v) is 1.20. The number of rotatable bonds is 6. The largest absolute Gasteiger partial charge is 0.460 e. The summed E-state index contributed by atoms with van der Waals surface area (Å²) in [6.07, 6.45) is 0.638. The van der Waals surface area contributed by atoms with Gasteiger partial charge in [0.15, 0.2) is 6.29 Å². The van der Waals surface area contributed by atoms with E-state index in [1.54, 1.807) is 24.3 Å². The molecule has 0 heterocycles. The van der Waals surface area contributed by atoms with Crippen molar-refractivity contribution >= 4 is 12.3 Å². The van der Waals surface area contributed by atoms with Crippen molar-refractivity contribution in [3.63, 3.8) is 0 Å². The van der Waals surface area contributed by atoms with Crippen molar-refractivity contribution in [1.82, 2.24) is 0 Å². The molecule has 0 aromatic heterocycles. The van der Waals surface area contributed by atoms with Crippen molar-refractivity contribution in [2.75, 3.05) is 19.8 Å². The molecular formula is C12H14O4. The van der Waals surface area contributed by atoms with Gasteiger partial charge in [0, 0.05) is 12.2 Å². The van der Waals surface area contributed by atoms with Crippen molar-refractivity contribution in [1.29, 1.82) is 0 Å². The zero-order valence-electron chi connectivity index (χ0n) is 9.14. The van der Waals surface area contributed by atoms with Crippen LogP contribution < -0.4 is 0 Å². The highest BCUT2D eigenvalue weighted by Gasteiger charge is 2.11. The number of aldehydes is 1. The molecule has 0 aliphatic carbocycles. The Morgan fingerprint density at radius 2 is 2.06 bits per heavy atom. The molecule has 1 aromatic rings. The third-order valence-electron chi connectivity index (χ3n) is 1.97. The minimum atomic E-state index is -0.498. The Hall–Kier alpha value is -1.68. The van der Waals surface area contributed by atoms with E-state index >= 15 is 0 Å². The maximum absolute atomic E-state index is 11.6. The summed E-state index contributed by atoms with van der Waals surface area (Å²) in [5, 5.41) is 0. The van der Waals surface area contributed by atoms with Crippen LogP contribution in [0.1, 0.15) is 27.6 Å². The van der Waals surface area contributed by atoms with Gasteiger partial charge in [-0.05, 0) is 13.0 Å². The SMILES string of the molecule is CCOCCOC(=O)c1ccccc1C=O. The molecule has 0 fully saturated rings. The lowest BCUT2D eigenvalue weighted by Crippen LogP contribution is -2.12. The molecular weight excluding hydrogens is 208 g/mol. The maximum Gasteiger partial charge on any atom is 0.338 e. The predicted octanol–water partition coefficient (Wildman–Crippen LogP) is 1.69. The standard InChI is InChI=1S/C12H14O4/c1-2-15-7-8-16-12(14)11-6-4-3-5-10(11)9-13/h3-6,9H,2,7-8H2,1H3. The summed E-state index contributed by atoms with van der Waals surface area (Å²) in [5.74, 6) is -0.498. The Bertz CT molecular complexity index is 360. The second-order valence-corrected chi connectivity index (χ2v) is 3.04. The molecule has 1 aromatic carbocycles. The monoisotopic (exact) mass is 222 g/mol. The molecule has 0 atom stereocenters. The van der Waals surface area contributed by atoms with E-state index in [0.717, 1.165) is 0 Å².